The van der Waals surface area contributed by atoms with Crippen LogP contribution < -0.4 is 30.2 Å². The molecule has 50 heavy (non-hydrogen) atoms. The van der Waals surface area contributed by atoms with E-state index in [1.165, 1.54) is 43.4 Å². The smallest absolute Gasteiger partial charge is 0.272 e. The third-order valence-corrected chi connectivity index (χ3v) is 9.53. The Kier molecular flexibility index (Phi) is 12.3. The number of hydrogen-bond donors (Lipinski definition) is 3. The lowest BCUT2D eigenvalue weighted by atomic mass is 10.1. The van der Waals surface area contributed by atoms with Gasteiger partial charge in [-0.1, -0.05) is 43.3 Å². The van der Waals surface area contributed by atoms with Gasteiger partial charge in [0.05, 0.1) is 32.3 Å². The summed E-state index contributed by atoms with van der Waals surface area (Å²) >= 11 is 2.71. The molecule has 10 nitrogen and oxygen atoms in total. The summed E-state index contributed by atoms with van der Waals surface area (Å²) in [6.07, 6.45) is 2.09. The highest BCUT2D eigenvalue weighted by Gasteiger charge is 2.21. The first kappa shape index (κ1) is 35.7. The van der Waals surface area contributed by atoms with Gasteiger partial charge >= 0.3 is 0 Å². The van der Waals surface area contributed by atoms with Crippen LogP contribution in [-0.4, -0.2) is 49.3 Å². The van der Waals surface area contributed by atoms with Crippen LogP contribution in [0, 0.1) is 0 Å². The van der Waals surface area contributed by atoms with E-state index >= 15 is 0 Å². The molecule has 0 saturated heterocycles. The van der Waals surface area contributed by atoms with E-state index in [4.69, 9.17) is 14.2 Å². The van der Waals surface area contributed by atoms with Crippen LogP contribution in [0.25, 0.3) is 17.3 Å². The molecule has 0 fully saturated rings. The number of aromatic nitrogens is 1. The fourth-order valence-corrected chi connectivity index (χ4v) is 6.61. The number of amides is 3. The number of thiazole rings is 1. The number of para-hydroxylation sites is 1. The van der Waals surface area contributed by atoms with Gasteiger partial charge in [0.1, 0.15) is 22.9 Å². The number of rotatable bonds is 14. The average Bonchev–Trinajstić information content (AvgIpc) is 3.61. The molecule has 3 N–H and O–H groups in total. The number of carbonyl (C=O) groups is 3. The molecule has 0 spiro atoms. The van der Waals surface area contributed by atoms with Crippen LogP contribution >= 0.6 is 23.1 Å². The molecule has 1 unspecified atom stereocenters. The Bertz CT molecular complexity index is 2000. The second-order valence-electron chi connectivity index (χ2n) is 10.7. The number of hydrogen-bond acceptors (Lipinski definition) is 9. The predicted octanol–water partition coefficient (Wildman–Crippen LogP) is 7.75. The summed E-state index contributed by atoms with van der Waals surface area (Å²) in [5, 5.41) is 10.5. The first-order chi connectivity index (χ1) is 24.3. The number of methoxy groups -OCH3 is 3. The molecule has 0 saturated carbocycles. The van der Waals surface area contributed by atoms with Gasteiger partial charge < -0.3 is 30.2 Å². The standard InChI is InChI=1S/C38H36N4O6S2/c1-5-34(37(45)42-38-41-31(23-49-38)29-16-9-10-17-33(29)48-4)50-28-15-11-14-26(22-28)39-36(44)30(40-35(43)24-12-7-6-8-13-24)21-25-20-27(46-2)18-19-32(25)47-3/h6-23,34H,5H2,1-4H3,(H,39,44)(H,40,43)(H,41,42,45)/b30-21+. The van der Waals surface area contributed by atoms with Crippen LogP contribution in [0.2, 0.25) is 0 Å². The van der Waals surface area contributed by atoms with Crippen molar-refractivity contribution >= 4 is 57.7 Å². The molecule has 3 amide bonds. The van der Waals surface area contributed by atoms with Gasteiger partial charge in [0, 0.05) is 32.7 Å². The summed E-state index contributed by atoms with van der Waals surface area (Å²) in [6, 6.07) is 28.5. The third-order valence-electron chi connectivity index (χ3n) is 7.42. The predicted molar refractivity (Wildman–Crippen MR) is 199 cm³/mol. The zero-order chi connectivity index (χ0) is 35.5. The quantitative estimate of drug-likeness (QED) is 0.0790. The molecule has 1 aromatic heterocycles. The molecule has 0 aliphatic rings. The van der Waals surface area contributed by atoms with E-state index in [1.807, 2.05) is 42.6 Å². The Hall–Kier alpha value is -5.59. The Morgan fingerprint density at radius 3 is 2.34 bits per heavy atom. The van der Waals surface area contributed by atoms with Crippen LogP contribution in [0.4, 0.5) is 10.8 Å². The topological polar surface area (TPSA) is 128 Å². The number of nitrogens with one attached hydrogen (secondary N) is 3. The number of thioether (sulfide) groups is 1. The first-order valence-electron chi connectivity index (χ1n) is 15.6. The van der Waals surface area contributed by atoms with Gasteiger partial charge in [-0.3, -0.25) is 14.4 Å². The largest absolute Gasteiger partial charge is 0.497 e. The maximum Gasteiger partial charge on any atom is 0.272 e. The van der Waals surface area contributed by atoms with Gasteiger partial charge in [-0.25, -0.2) is 4.98 Å². The minimum atomic E-state index is -0.555. The number of ether oxygens (including phenoxy) is 3. The highest BCUT2D eigenvalue weighted by Crippen LogP contribution is 2.33. The highest BCUT2D eigenvalue weighted by atomic mass is 32.2. The maximum atomic E-state index is 13.7. The number of nitrogens with zero attached hydrogens (tertiary/aromatic N) is 1. The van der Waals surface area contributed by atoms with Crippen molar-refractivity contribution in [3.63, 3.8) is 0 Å². The lowest BCUT2D eigenvalue weighted by Gasteiger charge is -2.15. The molecular formula is C38H36N4O6S2. The number of anilines is 2. The first-order valence-corrected chi connectivity index (χ1v) is 17.4. The fraction of sp³-hybridized carbons (Fsp3) is 0.158. The third kappa shape index (κ3) is 9.10. The fourth-order valence-electron chi connectivity index (χ4n) is 4.88. The van der Waals surface area contributed by atoms with E-state index in [0.717, 1.165) is 10.5 Å². The lowest BCUT2D eigenvalue weighted by Crippen LogP contribution is -2.30. The minimum Gasteiger partial charge on any atom is -0.497 e. The Balaban J connectivity index is 1.32. The number of benzene rings is 4. The van der Waals surface area contributed by atoms with Gasteiger partial charge in [-0.15, -0.1) is 23.1 Å². The van der Waals surface area contributed by atoms with E-state index < -0.39 is 17.1 Å². The van der Waals surface area contributed by atoms with E-state index in [9.17, 15) is 14.4 Å². The molecule has 256 valence electrons. The normalized spacial score (nSPS) is 11.6. The molecule has 12 heteroatoms. The molecule has 5 rings (SSSR count). The van der Waals surface area contributed by atoms with Crippen molar-refractivity contribution in [3.05, 3.63) is 119 Å². The van der Waals surface area contributed by atoms with Crippen LogP contribution in [-0.2, 0) is 9.59 Å². The summed E-state index contributed by atoms with van der Waals surface area (Å²) in [5.41, 5.74) is 2.94. The van der Waals surface area contributed by atoms with Crippen molar-refractivity contribution in [3.8, 4) is 28.5 Å². The van der Waals surface area contributed by atoms with Crippen molar-refractivity contribution in [2.75, 3.05) is 32.0 Å². The summed E-state index contributed by atoms with van der Waals surface area (Å²) in [6.45, 7) is 1.93. The summed E-state index contributed by atoms with van der Waals surface area (Å²) in [7, 11) is 4.66. The van der Waals surface area contributed by atoms with Gasteiger partial charge in [0.25, 0.3) is 11.8 Å². The molecular weight excluding hydrogens is 673 g/mol. The zero-order valence-electron chi connectivity index (χ0n) is 27.9. The average molecular weight is 709 g/mol. The van der Waals surface area contributed by atoms with Gasteiger partial charge in [-0.2, -0.15) is 0 Å². The molecule has 0 aliphatic carbocycles. The molecule has 0 radical (unpaired) electrons. The lowest BCUT2D eigenvalue weighted by molar-refractivity contribution is -0.116. The van der Waals surface area contributed by atoms with E-state index in [1.54, 1.807) is 73.8 Å². The zero-order valence-corrected chi connectivity index (χ0v) is 29.5. The molecule has 4 aromatic carbocycles. The highest BCUT2D eigenvalue weighted by molar-refractivity contribution is 8.00. The summed E-state index contributed by atoms with van der Waals surface area (Å²) < 4.78 is 16.3. The molecule has 1 heterocycles. The second kappa shape index (κ2) is 17.2. The molecule has 5 aromatic rings. The van der Waals surface area contributed by atoms with E-state index in [0.29, 0.717) is 51.3 Å². The van der Waals surface area contributed by atoms with Crippen LogP contribution in [0.1, 0.15) is 29.3 Å². The van der Waals surface area contributed by atoms with Crippen molar-refractivity contribution < 1.29 is 28.6 Å². The van der Waals surface area contributed by atoms with Crippen LogP contribution in [0.5, 0.6) is 17.2 Å². The number of carbonyl (C=O) groups excluding carboxylic acids is 3. The van der Waals surface area contributed by atoms with Crippen molar-refractivity contribution in [1.29, 1.82) is 0 Å². The van der Waals surface area contributed by atoms with E-state index in [-0.39, 0.29) is 11.6 Å². The Labute approximate surface area is 298 Å². The molecule has 1 atom stereocenters. The van der Waals surface area contributed by atoms with Crippen molar-refractivity contribution in [2.24, 2.45) is 0 Å². The van der Waals surface area contributed by atoms with Gasteiger partial charge in [0.2, 0.25) is 5.91 Å². The van der Waals surface area contributed by atoms with E-state index in [2.05, 4.69) is 20.9 Å². The van der Waals surface area contributed by atoms with Gasteiger partial charge in [-0.05, 0) is 73.2 Å². The van der Waals surface area contributed by atoms with Gasteiger partial charge in [0.15, 0.2) is 5.13 Å². The molecule has 0 bridgehead atoms. The maximum absolute atomic E-state index is 13.7. The summed E-state index contributed by atoms with van der Waals surface area (Å²) in [4.78, 5) is 45.6. The van der Waals surface area contributed by atoms with Crippen molar-refractivity contribution in [1.82, 2.24) is 10.3 Å². The minimum absolute atomic E-state index is 0.00906. The summed E-state index contributed by atoms with van der Waals surface area (Å²) in [5.74, 6) is 0.545. The Morgan fingerprint density at radius 2 is 1.60 bits per heavy atom. The van der Waals surface area contributed by atoms with Crippen molar-refractivity contribution in [2.45, 2.75) is 23.5 Å². The van der Waals surface area contributed by atoms with Crippen LogP contribution in [0.15, 0.2) is 113 Å². The Morgan fingerprint density at radius 1 is 0.840 bits per heavy atom. The van der Waals surface area contributed by atoms with Crippen LogP contribution in [0.3, 0.4) is 0 Å². The molecule has 0 aliphatic heterocycles. The monoisotopic (exact) mass is 708 g/mol. The second-order valence-corrected chi connectivity index (χ2v) is 12.8. The SMILES string of the molecule is CCC(Sc1cccc(NC(=O)/C(=C\c2cc(OC)ccc2OC)NC(=O)c2ccccc2)c1)C(=O)Nc1nc(-c2ccccc2OC)cs1.